The fourth-order valence-corrected chi connectivity index (χ4v) is 25.1. The third-order valence-electron chi connectivity index (χ3n) is 29.9. The Morgan fingerprint density at radius 3 is 1.06 bits per heavy atom. The molecule has 0 bridgehead atoms. The molecular weight excluding hydrogens is 1500 g/mol. The van der Waals surface area contributed by atoms with Crippen LogP contribution in [0.2, 0.25) is 0 Å². The van der Waals surface area contributed by atoms with Crippen molar-refractivity contribution in [2.24, 2.45) is 0 Å². The van der Waals surface area contributed by atoms with Crippen LogP contribution >= 0.6 is 0 Å². The van der Waals surface area contributed by atoms with E-state index >= 15 is 0 Å². The number of nitrogens with zero attached hydrogens (tertiary/aromatic N) is 8. The van der Waals surface area contributed by atoms with Gasteiger partial charge in [-0.15, -0.1) is 0 Å². The number of para-hydroxylation sites is 8. The number of nitriles is 4. The van der Waals surface area contributed by atoms with Gasteiger partial charge in [-0.1, -0.05) is 326 Å². The normalized spacial score (nSPS) is 14.9. The van der Waals surface area contributed by atoms with E-state index in [0.29, 0.717) is 0 Å². The number of aromatic nitrogens is 4. The molecule has 0 amide bonds. The highest BCUT2D eigenvalue weighted by atomic mass is 15.0. The van der Waals surface area contributed by atoms with Gasteiger partial charge in [0.05, 0.1) is 68.2 Å². The molecule has 0 saturated carbocycles. The van der Waals surface area contributed by atoms with E-state index in [-0.39, 0.29) is 48.5 Å². The van der Waals surface area contributed by atoms with Crippen molar-refractivity contribution in [1.82, 2.24) is 18.3 Å². The Hall–Kier alpha value is -15.1. The average molecular weight is 1580 g/mol. The molecule has 20 aromatic rings. The van der Waals surface area contributed by atoms with Gasteiger partial charge < -0.3 is 18.3 Å². The fourth-order valence-electron chi connectivity index (χ4n) is 25.1. The SMILES string of the molecule is CC1(C)c2cccc3c2B(c2cccc(C#N)c21)c1cccc2c4ccccc4n-3c12.CC1(C)c2ccccc2B2c3c(cc(C#N)cc31)-n1c3ccccc3c3cccc2c31.CC1(C)c2ccccc2B2c3c(ccc(C#N)c31)-n1c3ccccc3c3cccc2c31.CC1(C)c2ccccc2B2c3c1ccc(C#N)c3-n1c3ccccc3c3cccc2c31. The molecule has 0 atom stereocenters. The fraction of sp³-hybridized carbons (Fsp3) is 0.107. The largest absolute Gasteiger partial charge is 0.310 e. The summed E-state index contributed by atoms with van der Waals surface area (Å²) in [5, 5.41) is 50.3. The molecule has 0 fully saturated rings. The first-order valence-corrected chi connectivity index (χ1v) is 43.3. The van der Waals surface area contributed by atoms with Gasteiger partial charge in [0.2, 0.25) is 26.9 Å². The van der Waals surface area contributed by atoms with Crippen molar-refractivity contribution in [1.29, 1.82) is 21.0 Å². The zero-order valence-electron chi connectivity index (χ0n) is 69.9. The number of rotatable bonds is 0. The van der Waals surface area contributed by atoms with Crippen molar-refractivity contribution in [3.8, 4) is 47.0 Å². The molecule has 576 valence electrons. The Labute approximate surface area is 720 Å². The maximum absolute atomic E-state index is 10.1. The first-order chi connectivity index (χ1) is 60.5. The van der Waals surface area contributed by atoms with Crippen LogP contribution in [0.5, 0.6) is 0 Å². The van der Waals surface area contributed by atoms with Crippen molar-refractivity contribution < 1.29 is 0 Å². The lowest BCUT2D eigenvalue weighted by Gasteiger charge is -2.42. The Morgan fingerprint density at radius 1 is 0.226 bits per heavy atom. The van der Waals surface area contributed by atoms with Crippen molar-refractivity contribution in [2.75, 3.05) is 0 Å². The lowest BCUT2D eigenvalue weighted by Crippen LogP contribution is -2.63. The minimum Gasteiger partial charge on any atom is -0.310 e. The van der Waals surface area contributed by atoms with E-state index in [1.807, 2.05) is 24.3 Å². The Bertz CT molecular complexity index is 8480. The monoisotopic (exact) mass is 1580 g/mol. The van der Waals surface area contributed by atoms with Crippen molar-refractivity contribution >= 4 is 180 Å². The second-order valence-electron chi connectivity index (χ2n) is 37.1. The number of hydrogen-bond donors (Lipinski definition) is 0. The molecule has 12 heteroatoms. The summed E-state index contributed by atoms with van der Waals surface area (Å²) in [6.07, 6.45) is 0. The minimum atomic E-state index is -0.238. The third kappa shape index (κ3) is 9.06. The average Bonchev–Trinajstić information content (AvgIpc) is 1.55. The van der Waals surface area contributed by atoms with Crippen molar-refractivity contribution in [2.45, 2.75) is 77.0 Å². The lowest BCUT2D eigenvalue weighted by atomic mass is 9.30. The topological polar surface area (TPSA) is 115 Å². The molecule has 28 rings (SSSR count). The lowest BCUT2D eigenvalue weighted by molar-refractivity contribution is 0.643. The van der Waals surface area contributed by atoms with E-state index in [2.05, 4.69) is 389 Å². The third-order valence-corrected chi connectivity index (χ3v) is 29.9. The quantitative estimate of drug-likeness (QED) is 0.141. The van der Waals surface area contributed by atoms with Crippen LogP contribution in [0.3, 0.4) is 0 Å². The Balaban J connectivity index is 0.0000000906. The number of fused-ring (bicyclic) bond motifs is 28. The van der Waals surface area contributed by atoms with E-state index < -0.39 is 0 Å². The highest BCUT2D eigenvalue weighted by molar-refractivity contribution is 7.01. The number of hydrogen-bond acceptors (Lipinski definition) is 4. The van der Waals surface area contributed by atoms with Crippen LogP contribution in [0, 0.1) is 45.3 Å². The summed E-state index contributed by atoms with van der Waals surface area (Å²) in [5.41, 5.74) is 43.4. The molecule has 8 aliphatic rings. The van der Waals surface area contributed by atoms with Crippen molar-refractivity contribution in [3.63, 3.8) is 0 Å². The predicted octanol–water partition coefficient (Wildman–Crippen LogP) is 16.5. The van der Waals surface area contributed by atoms with Crippen molar-refractivity contribution in [3.05, 3.63) is 382 Å². The van der Waals surface area contributed by atoms with Gasteiger partial charge in [-0.05, 0) is 155 Å². The zero-order chi connectivity index (χ0) is 83.6. The summed E-state index contributed by atoms with van der Waals surface area (Å²) in [6, 6.07) is 123. The molecule has 12 heterocycles. The van der Waals surface area contributed by atoms with E-state index in [1.54, 1.807) is 0 Å². The predicted molar refractivity (Wildman–Crippen MR) is 515 cm³/mol. The summed E-state index contributed by atoms with van der Waals surface area (Å²) in [7, 11) is 0. The van der Waals surface area contributed by atoms with E-state index in [1.165, 1.54) is 209 Å². The molecule has 8 nitrogen and oxygen atoms in total. The smallest absolute Gasteiger partial charge is 0.247 e. The minimum absolute atomic E-state index is 0.125. The van der Waals surface area contributed by atoms with E-state index in [0.717, 1.165) is 33.6 Å². The van der Waals surface area contributed by atoms with Crippen LogP contribution in [0.1, 0.15) is 122 Å². The maximum Gasteiger partial charge on any atom is 0.247 e. The molecule has 124 heavy (non-hydrogen) atoms. The molecule has 0 N–H and O–H groups in total. The summed E-state index contributed by atoms with van der Waals surface area (Å²) in [6.45, 7) is 18.9. The molecule has 0 spiro atoms. The van der Waals surface area contributed by atoms with Crippen LogP contribution in [0.25, 0.3) is 110 Å². The van der Waals surface area contributed by atoms with Crippen LogP contribution in [-0.4, -0.2) is 45.1 Å². The maximum atomic E-state index is 10.1. The van der Waals surface area contributed by atoms with Crippen LogP contribution in [0.4, 0.5) is 0 Å². The molecule has 0 saturated heterocycles. The highest BCUT2D eigenvalue weighted by Crippen LogP contribution is 2.47. The van der Waals surface area contributed by atoms with Crippen LogP contribution in [0.15, 0.2) is 315 Å². The molecule has 0 unspecified atom stereocenters. The van der Waals surface area contributed by atoms with E-state index in [9.17, 15) is 21.0 Å². The highest BCUT2D eigenvalue weighted by Gasteiger charge is 2.51. The Kier molecular flexibility index (Phi) is 14.6. The van der Waals surface area contributed by atoms with Gasteiger partial charge in [-0.3, -0.25) is 0 Å². The summed E-state index contributed by atoms with van der Waals surface area (Å²) in [5.74, 6) is 0. The van der Waals surface area contributed by atoms with E-state index in [4.69, 9.17) is 0 Å². The van der Waals surface area contributed by atoms with Gasteiger partial charge in [-0.25, -0.2) is 0 Å². The summed E-state index contributed by atoms with van der Waals surface area (Å²) >= 11 is 0. The molecule has 4 aromatic heterocycles. The molecule has 0 aliphatic carbocycles. The molecule has 8 aliphatic heterocycles. The van der Waals surface area contributed by atoms with Gasteiger partial charge in [-0.2, -0.15) is 21.0 Å². The number of benzene rings is 16. The summed E-state index contributed by atoms with van der Waals surface area (Å²) < 4.78 is 9.66. The van der Waals surface area contributed by atoms with Crippen LogP contribution in [-0.2, 0) is 21.7 Å². The first-order valence-electron chi connectivity index (χ1n) is 43.3. The summed E-state index contributed by atoms with van der Waals surface area (Å²) in [4.78, 5) is 0. The van der Waals surface area contributed by atoms with Gasteiger partial charge in [0, 0.05) is 104 Å². The Morgan fingerprint density at radius 2 is 0.556 bits per heavy atom. The second-order valence-corrected chi connectivity index (χ2v) is 37.1. The first kappa shape index (κ1) is 71.8. The van der Waals surface area contributed by atoms with Crippen LogP contribution < -0.4 is 65.6 Å². The molecular formula is C112H76B4N8. The van der Waals surface area contributed by atoms with Gasteiger partial charge in [0.15, 0.2) is 0 Å². The zero-order valence-corrected chi connectivity index (χ0v) is 69.9. The molecule has 0 radical (unpaired) electrons. The molecule has 16 aromatic carbocycles. The van der Waals surface area contributed by atoms with Gasteiger partial charge in [0.1, 0.15) is 6.07 Å². The van der Waals surface area contributed by atoms with Gasteiger partial charge >= 0.3 is 0 Å². The second kappa shape index (κ2) is 25.3. The standard InChI is InChI=1S/4C28H19BN2/c1-28(2)20-10-4-5-11-22(20)29-23-12-7-9-19-18-8-3-6-13-24(18)31(27(19)23)25-15-17(16-30)14-21(28)26(25)29;1-28(2)20-10-4-5-11-22(20)29-23-12-7-9-19-18-8-3-6-13-24(18)31(27(19)23)26-17(16-30)14-15-21(28)25(26)29;1-28(2)20-10-4-5-11-21(20)29-22-12-7-9-19-18-8-3-6-13-23(18)31(27(19)22)24-15-14-17(16-30)25(28)26(24)29;1-28(2)20-11-7-15-24-26(20)29(21-12-5-8-17(16-30)25(21)28)22-13-6-10-19-18-9-3-4-14-23(18)31(24)27(19)22/h4*3-15H,1-2H3. The van der Waals surface area contributed by atoms with Gasteiger partial charge in [0.25, 0.3) is 0 Å².